The second-order valence-corrected chi connectivity index (χ2v) is 4.47. The van der Waals surface area contributed by atoms with Crippen molar-refractivity contribution >= 4 is 15.9 Å². The van der Waals surface area contributed by atoms with E-state index >= 15 is 0 Å². The highest BCUT2D eigenvalue weighted by atomic mass is 79.9. The Morgan fingerprint density at radius 2 is 1.76 bits per heavy atom. The van der Waals surface area contributed by atoms with Crippen molar-refractivity contribution in [1.82, 2.24) is 0 Å². The summed E-state index contributed by atoms with van der Waals surface area (Å²) in [5.41, 5.74) is 1.14. The summed E-state index contributed by atoms with van der Waals surface area (Å²) in [6, 6.07) is 17.7. The van der Waals surface area contributed by atoms with E-state index in [2.05, 4.69) is 15.9 Å². The van der Waals surface area contributed by atoms with Gasteiger partial charge in [0.05, 0.1) is 6.61 Å². The van der Waals surface area contributed by atoms with Crippen LogP contribution in [0.4, 0.5) is 0 Å². The maximum Gasteiger partial charge on any atom is 0.189 e. The summed E-state index contributed by atoms with van der Waals surface area (Å²) in [6.07, 6.45) is 0. The van der Waals surface area contributed by atoms with Crippen molar-refractivity contribution in [3.05, 3.63) is 64.6 Å². The van der Waals surface area contributed by atoms with Crippen molar-refractivity contribution in [3.63, 3.8) is 0 Å². The van der Waals surface area contributed by atoms with Gasteiger partial charge in [-0.2, -0.15) is 0 Å². The first-order valence-corrected chi connectivity index (χ1v) is 6.14. The molecule has 17 heavy (non-hydrogen) atoms. The van der Waals surface area contributed by atoms with Crippen LogP contribution in [-0.4, -0.2) is 6.79 Å². The molecule has 0 atom stereocenters. The lowest BCUT2D eigenvalue weighted by molar-refractivity contribution is 0.00502. The number of ether oxygens (including phenoxy) is 2. The van der Waals surface area contributed by atoms with Crippen LogP contribution >= 0.6 is 15.9 Å². The monoisotopic (exact) mass is 292 g/mol. The van der Waals surface area contributed by atoms with Gasteiger partial charge in [0.25, 0.3) is 0 Å². The molecule has 0 aliphatic heterocycles. The molecule has 0 amide bonds. The van der Waals surface area contributed by atoms with Gasteiger partial charge in [0.2, 0.25) is 0 Å². The van der Waals surface area contributed by atoms with Gasteiger partial charge in [-0.25, -0.2) is 0 Å². The summed E-state index contributed by atoms with van der Waals surface area (Å²) in [7, 11) is 0. The molecule has 0 N–H and O–H groups in total. The topological polar surface area (TPSA) is 18.5 Å². The molecule has 0 fully saturated rings. The van der Waals surface area contributed by atoms with Gasteiger partial charge in [-0.3, -0.25) is 0 Å². The van der Waals surface area contributed by atoms with Gasteiger partial charge in [-0.05, 0) is 23.8 Å². The van der Waals surface area contributed by atoms with Gasteiger partial charge >= 0.3 is 0 Å². The molecule has 0 heterocycles. The van der Waals surface area contributed by atoms with Crippen molar-refractivity contribution in [2.75, 3.05) is 6.79 Å². The molecule has 0 saturated heterocycles. The fourth-order valence-electron chi connectivity index (χ4n) is 1.40. The van der Waals surface area contributed by atoms with Crippen molar-refractivity contribution in [1.29, 1.82) is 0 Å². The number of halogens is 1. The second-order valence-electron chi connectivity index (χ2n) is 3.55. The number of rotatable bonds is 5. The maximum absolute atomic E-state index is 5.46. The Bertz CT molecular complexity index is 457. The molecule has 0 aromatic heterocycles. The minimum absolute atomic E-state index is 0.255. The number of hydrogen-bond donors (Lipinski definition) is 0. The highest BCUT2D eigenvalue weighted by Gasteiger charge is 1.95. The number of hydrogen-bond acceptors (Lipinski definition) is 2. The van der Waals surface area contributed by atoms with E-state index in [4.69, 9.17) is 9.47 Å². The van der Waals surface area contributed by atoms with E-state index in [1.165, 1.54) is 0 Å². The van der Waals surface area contributed by atoms with Crippen molar-refractivity contribution < 1.29 is 9.47 Å². The molecule has 88 valence electrons. The predicted molar refractivity (Wildman–Crippen MR) is 70.9 cm³/mol. The first-order valence-electron chi connectivity index (χ1n) is 5.34. The van der Waals surface area contributed by atoms with E-state index in [9.17, 15) is 0 Å². The summed E-state index contributed by atoms with van der Waals surface area (Å²) in [5, 5.41) is 0. The Morgan fingerprint density at radius 1 is 0.941 bits per heavy atom. The Kier molecular flexibility index (Phi) is 4.59. The van der Waals surface area contributed by atoms with Crippen LogP contribution in [0, 0.1) is 0 Å². The second kappa shape index (κ2) is 6.42. The van der Waals surface area contributed by atoms with Crippen molar-refractivity contribution in [2.45, 2.75) is 6.61 Å². The lowest BCUT2D eigenvalue weighted by Crippen LogP contribution is -2.02. The van der Waals surface area contributed by atoms with E-state index in [0.717, 1.165) is 15.8 Å². The van der Waals surface area contributed by atoms with E-state index in [0.29, 0.717) is 6.61 Å². The SMILES string of the molecule is Brc1cccc(OCOCc2ccccc2)c1. The molecule has 0 aliphatic carbocycles. The van der Waals surface area contributed by atoms with Gasteiger partial charge in [-0.15, -0.1) is 0 Å². The summed E-state index contributed by atoms with van der Waals surface area (Å²) in [4.78, 5) is 0. The fraction of sp³-hybridized carbons (Fsp3) is 0.143. The third-order valence-corrected chi connectivity index (χ3v) is 2.71. The molecule has 2 aromatic carbocycles. The molecular weight excluding hydrogens is 280 g/mol. The van der Waals surface area contributed by atoms with Crippen LogP contribution in [0.1, 0.15) is 5.56 Å². The Morgan fingerprint density at radius 3 is 2.53 bits per heavy atom. The minimum Gasteiger partial charge on any atom is -0.468 e. The van der Waals surface area contributed by atoms with Gasteiger partial charge < -0.3 is 9.47 Å². The lowest BCUT2D eigenvalue weighted by atomic mass is 10.2. The van der Waals surface area contributed by atoms with Gasteiger partial charge in [0.15, 0.2) is 6.79 Å². The molecule has 2 rings (SSSR count). The van der Waals surface area contributed by atoms with Crippen LogP contribution in [-0.2, 0) is 11.3 Å². The number of benzene rings is 2. The highest BCUT2D eigenvalue weighted by molar-refractivity contribution is 9.10. The molecule has 0 spiro atoms. The molecule has 0 saturated carbocycles. The average Bonchev–Trinajstić information content (AvgIpc) is 2.36. The Hall–Kier alpha value is -1.32. The molecule has 0 radical (unpaired) electrons. The van der Waals surface area contributed by atoms with Crippen molar-refractivity contribution in [2.24, 2.45) is 0 Å². The highest BCUT2D eigenvalue weighted by Crippen LogP contribution is 2.17. The Balaban J connectivity index is 1.73. The van der Waals surface area contributed by atoms with Crippen LogP contribution in [0.2, 0.25) is 0 Å². The lowest BCUT2D eigenvalue weighted by Gasteiger charge is -2.07. The largest absolute Gasteiger partial charge is 0.468 e. The molecule has 0 aliphatic rings. The van der Waals surface area contributed by atoms with Gasteiger partial charge in [0, 0.05) is 4.47 Å². The van der Waals surface area contributed by atoms with E-state index in [1.807, 2.05) is 54.6 Å². The van der Waals surface area contributed by atoms with E-state index < -0.39 is 0 Å². The van der Waals surface area contributed by atoms with Crippen molar-refractivity contribution in [3.8, 4) is 5.75 Å². The average molecular weight is 293 g/mol. The summed E-state index contributed by atoms with van der Waals surface area (Å²) < 4.78 is 11.9. The smallest absolute Gasteiger partial charge is 0.189 e. The third kappa shape index (κ3) is 4.21. The zero-order valence-electron chi connectivity index (χ0n) is 9.30. The molecule has 2 nitrogen and oxygen atoms in total. The normalized spacial score (nSPS) is 10.2. The third-order valence-electron chi connectivity index (χ3n) is 2.22. The van der Waals surface area contributed by atoms with Crippen LogP contribution < -0.4 is 4.74 Å². The molecule has 0 bridgehead atoms. The molecule has 2 aromatic rings. The van der Waals surface area contributed by atoms with E-state index in [1.54, 1.807) is 0 Å². The first-order chi connectivity index (χ1) is 8.34. The zero-order valence-corrected chi connectivity index (χ0v) is 10.9. The maximum atomic E-state index is 5.46. The molecular formula is C14H13BrO2. The van der Waals surface area contributed by atoms with Gasteiger partial charge in [-0.1, -0.05) is 52.3 Å². The summed E-state index contributed by atoms with van der Waals surface area (Å²) >= 11 is 3.39. The van der Waals surface area contributed by atoms with Crippen LogP contribution in [0.3, 0.4) is 0 Å². The quantitative estimate of drug-likeness (QED) is 0.612. The molecule has 3 heteroatoms. The first kappa shape index (κ1) is 12.1. The summed E-state index contributed by atoms with van der Waals surface area (Å²) in [6.45, 7) is 0.820. The Labute approximate surface area is 109 Å². The minimum atomic E-state index is 0.255. The fourth-order valence-corrected chi connectivity index (χ4v) is 1.78. The zero-order chi connectivity index (χ0) is 11.9. The van der Waals surface area contributed by atoms with Crippen LogP contribution in [0.25, 0.3) is 0 Å². The molecule has 0 unspecified atom stereocenters. The standard InChI is InChI=1S/C14H13BrO2/c15-13-7-4-8-14(9-13)17-11-16-10-12-5-2-1-3-6-12/h1-9H,10-11H2. The van der Waals surface area contributed by atoms with Gasteiger partial charge in [0.1, 0.15) is 5.75 Å². The van der Waals surface area contributed by atoms with E-state index in [-0.39, 0.29) is 6.79 Å². The summed E-state index contributed by atoms with van der Waals surface area (Å²) in [5.74, 6) is 0.799. The predicted octanol–water partition coefficient (Wildman–Crippen LogP) is 4.00. The van der Waals surface area contributed by atoms with Crippen LogP contribution in [0.15, 0.2) is 59.1 Å². The van der Waals surface area contributed by atoms with Crippen LogP contribution in [0.5, 0.6) is 5.75 Å².